The van der Waals surface area contributed by atoms with E-state index < -0.39 is 11.7 Å². The first kappa shape index (κ1) is 21.4. The number of nitrogens with zero attached hydrogens (tertiary/aromatic N) is 3. The van der Waals surface area contributed by atoms with Gasteiger partial charge < -0.3 is 14.8 Å². The molecule has 0 unspecified atom stereocenters. The molecule has 8 heteroatoms. The lowest BCUT2D eigenvalue weighted by atomic mass is 10.0. The summed E-state index contributed by atoms with van der Waals surface area (Å²) in [6.45, 7) is 4.94. The smallest absolute Gasteiger partial charge is 0.352 e. The molecule has 31 heavy (non-hydrogen) atoms. The summed E-state index contributed by atoms with van der Waals surface area (Å²) < 4.78 is 41.7. The van der Waals surface area contributed by atoms with Gasteiger partial charge in [0.15, 0.2) is 5.11 Å². The van der Waals surface area contributed by atoms with Crippen molar-refractivity contribution in [2.75, 3.05) is 6.54 Å². The molecule has 0 amide bonds. The Kier molecular flexibility index (Phi) is 5.75. The topological polar surface area (TPSA) is 33.1 Å². The van der Waals surface area contributed by atoms with Gasteiger partial charge in [-0.2, -0.15) is 13.2 Å². The van der Waals surface area contributed by atoms with Crippen molar-refractivity contribution in [1.29, 1.82) is 0 Å². The molecule has 4 nitrogen and oxygen atoms in total. The zero-order valence-electron chi connectivity index (χ0n) is 17.2. The van der Waals surface area contributed by atoms with Crippen LogP contribution in [0.5, 0.6) is 0 Å². The Morgan fingerprint density at radius 3 is 2.58 bits per heavy atom. The zero-order chi connectivity index (χ0) is 22.2. The number of thiocarbonyl (C=S) groups is 1. The lowest BCUT2D eigenvalue weighted by molar-refractivity contribution is -0.137. The van der Waals surface area contributed by atoms with Crippen molar-refractivity contribution < 1.29 is 13.2 Å². The number of benzene rings is 1. The van der Waals surface area contributed by atoms with Gasteiger partial charge in [-0.15, -0.1) is 0 Å². The second-order valence-corrected chi connectivity index (χ2v) is 8.41. The summed E-state index contributed by atoms with van der Waals surface area (Å²) >= 11 is 5.65. The molecule has 3 heterocycles. The van der Waals surface area contributed by atoms with Crippen LogP contribution in [-0.4, -0.2) is 26.1 Å². The molecular weight excluding hydrogens is 421 g/mol. The summed E-state index contributed by atoms with van der Waals surface area (Å²) in [6, 6.07) is 14.4. The first-order valence-corrected chi connectivity index (χ1v) is 10.5. The van der Waals surface area contributed by atoms with Gasteiger partial charge in [0.05, 0.1) is 23.3 Å². The van der Waals surface area contributed by atoms with Crippen LogP contribution < -0.4 is 5.32 Å². The van der Waals surface area contributed by atoms with Gasteiger partial charge in [0.2, 0.25) is 0 Å². The molecule has 3 aromatic rings. The van der Waals surface area contributed by atoms with E-state index in [-0.39, 0.29) is 12.1 Å². The molecule has 2 atom stereocenters. The molecule has 1 fully saturated rings. The van der Waals surface area contributed by atoms with E-state index in [0.29, 0.717) is 23.3 Å². The molecule has 0 aliphatic carbocycles. The van der Waals surface area contributed by atoms with Crippen LogP contribution in [-0.2, 0) is 6.18 Å². The standard InChI is InChI=1S/C23H23F3N4S/c1-15(2)14-30-21(20(28-22(30)31)18-9-3-4-11-27-18)19-10-6-12-29(19)17-8-5-7-16(13-17)23(24,25)26/h3-13,15,20-21H,14H2,1-2H3,(H,28,31)/t20-,21+/m1/s1. The van der Waals surface area contributed by atoms with Crippen molar-refractivity contribution in [2.24, 2.45) is 5.92 Å². The van der Waals surface area contributed by atoms with Gasteiger partial charge in [-0.05, 0) is 60.6 Å². The Hall–Kier alpha value is -2.87. The van der Waals surface area contributed by atoms with Crippen LogP contribution in [0.15, 0.2) is 67.0 Å². The van der Waals surface area contributed by atoms with Crippen molar-refractivity contribution in [3.63, 3.8) is 0 Å². The second-order valence-electron chi connectivity index (χ2n) is 8.02. The van der Waals surface area contributed by atoms with Crippen LogP contribution in [0.3, 0.4) is 0 Å². The molecular formula is C23H23F3N4S. The molecule has 4 rings (SSSR count). The maximum absolute atomic E-state index is 13.3. The number of pyridine rings is 1. The van der Waals surface area contributed by atoms with Crippen LogP contribution in [0.2, 0.25) is 0 Å². The summed E-state index contributed by atoms with van der Waals surface area (Å²) in [7, 11) is 0. The quantitative estimate of drug-likeness (QED) is 0.526. The highest BCUT2D eigenvalue weighted by molar-refractivity contribution is 7.80. The van der Waals surface area contributed by atoms with Gasteiger partial charge in [0, 0.05) is 30.3 Å². The van der Waals surface area contributed by atoms with Gasteiger partial charge in [0.1, 0.15) is 0 Å². The highest BCUT2D eigenvalue weighted by Gasteiger charge is 2.41. The molecule has 0 spiro atoms. The Morgan fingerprint density at radius 1 is 1.10 bits per heavy atom. The number of halogens is 3. The zero-order valence-corrected chi connectivity index (χ0v) is 18.0. The molecule has 1 aliphatic rings. The lowest BCUT2D eigenvalue weighted by Crippen LogP contribution is -2.33. The van der Waals surface area contributed by atoms with E-state index in [1.807, 2.05) is 30.3 Å². The monoisotopic (exact) mass is 444 g/mol. The van der Waals surface area contributed by atoms with Crippen LogP contribution in [0.4, 0.5) is 13.2 Å². The molecule has 162 valence electrons. The largest absolute Gasteiger partial charge is 0.416 e. The Labute approximate surface area is 184 Å². The maximum atomic E-state index is 13.3. The summed E-state index contributed by atoms with van der Waals surface area (Å²) in [5, 5.41) is 4.00. The average molecular weight is 445 g/mol. The summed E-state index contributed by atoms with van der Waals surface area (Å²) in [4.78, 5) is 6.62. The molecule has 0 saturated carbocycles. The van der Waals surface area contributed by atoms with Crippen molar-refractivity contribution in [3.05, 3.63) is 83.9 Å². The minimum Gasteiger partial charge on any atom is -0.352 e. The van der Waals surface area contributed by atoms with E-state index in [0.717, 1.165) is 17.5 Å². The van der Waals surface area contributed by atoms with E-state index in [1.54, 1.807) is 23.0 Å². The van der Waals surface area contributed by atoms with Gasteiger partial charge in [-0.1, -0.05) is 26.0 Å². The summed E-state index contributed by atoms with van der Waals surface area (Å²) in [5.74, 6) is 0.349. The number of alkyl halides is 3. The first-order chi connectivity index (χ1) is 14.8. The average Bonchev–Trinajstić information content (AvgIpc) is 3.33. The normalized spacial score (nSPS) is 19.2. The molecule has 0 bridgehead atoms. The SMILES string of the molecule is CC(C)CN1C(=S)N[C@H](c2ccccn2)[C@@H]1c1cccn1-c1cccc(C(F)(F)F)c1. The number of aromatic nitrogens is 2. The summed E-state index contributed by atoms with van der Waals surface area (Å²) in [6.07, 6.45) is -0.886. The molecule has 1 N–H and O–H groups in total. The Balaban J connectivity index is 1.81. The van der Waals surface area contributed by atoms with Gasteiger partial charge in [-0.3, -0.25) is 4.98 Å². The molecule has 0 radical (unpaired) electrons. The predicted octanol–water partition coefficient (Wildman–Crippen LogP) is 5.52. The first-order valence-electron chi connectivity index (χ1n) is 10.1. The fourth-order valence-corrected chi connectivity index (χ4v) is 4.33. The minimum absolute atomic E-state index is 0.214. The van der Waals surface area contributed by atoms with Crippen molar-refractivity contribution in [1.82, 2.24) is 19.8 Å². The van der Waals surface area contributed by atoms with E-state index >= 15 is 0 Å². The van der Waals surface area contributed by atoms with Crippen LogP contribution in [0, 0.1) is 5.92 Å². The molecule has 1 saturated heterocycles. The Bertz CT molecular complexity index is 1060. The number of hydrogen-bond acceptors (Lipinski definition) is 2. The van der Waals surface area contributed by atoms with Gasteiger partial charge >= 0.3 is 6.18 Å². The van der Waals surface area contributed by atoms with Gasteiger partial charge in [-0.25, -0.2) is 0 Å². The predicted molar refractivity (Wildman–Crippen MR) is 118 cm³/mol. The van der Waals surface area contributed by atoms with Crippen molar-refractivity contribution >= 4 is 17.3 Å². The third-order valence-corrected chi connectivity index (χ3v) is 5.65. The highest BCUT2D eigenvalue weighted by Crippen LogP contribution is 2.40. The Morgan fingerprint density at radius 2 is 1.90 bits per heavy atom. The number of nitrogens with one attached hydrogen (secondary N) is 1. The molecule has 2 aromatic heterocycles. The van der Waals surface area contributed by atoms with E-state index in [9.17, 15) is 13.2 Å². The van der Waals surface area contributed by atoms with Crippen LogP contribution >= 0.6 is 12.2 Å². The maximum Gasteiger partial charge on any atom is 0.416 e. The lowest BCUT2D eigenvalue weighted by Gasteiger charge is -2.30. The summed E-state index contributed by atoms with van der Waals surface area (Å²) in [5.41, 5.74) is 1.46. The fraction of sp³-hybridized carbons (Fsp3) is 0.304. The third-order valence-electron chi connectivity index (χ3n) is 5.29. The third kappa shape index (κ3) is 4.30. The van der Waals surface area contributed by atoms with E-state index in [2.05, 4.69) is 29.0 Å². The number of hydrogen-bond donors (Lipinski definition) is 1. The van der Waals surface area contributed by atoms with E-state index in [4.69, 9.17) is 12.2 Å². The minimum atomic E-state index is -4.40. The molecule has 1 aromatic carbocycles. The number of rotatable bonds is 5. The van der Waals surface area contributed by atoms with Crippen molar-refractivity contribution in [2.45, 2.75) is 32.1 Å². The van der Waals surface area contributed by atoms with E-state index in [1.165, 1.54) is 12.1 Å². The van der Waals surface area contributed by atoms with Crippen LogP contribution in [0.25, 0.3) is 5.69 Å². The highest BCUT2D eigenvalue weighted by atomic mass is 32.1. The molecule has 1 aliphatic heterocycles. The fourth-order valence-electron chi connectivity index (χ4n) is 4.02. The second kappa shape index (κ2) is 8.34. The van der Waals surface area contributed by atoms with Gasteiger partial charge in [0.25, 0.3) is 0 Å². The van der Waals surface area contributed by atoms with Crippen molar-refractivity contribution in [3.8, 4) is 5.69 Å². The van der Waals surface area contributed by atoms with Crippen LogP contribution in [0.1, 0.15) is 42.9 Å².